The zero-order valence-electron chi connectivity index (χ0n) is 15.8. The van der Waals surface area contributed by atoms with Crippen LogP contribution < -0.4 is 5.32 Å². The van der Waals surface area contributed by atoms with Crippen molar-refractivity contribution in [1.82, 2.24) is 24.5 Å². The van der Waals surface area contributed by atoms with E-state index in [9.17, 15) is 9.59 Å². The van der Waals surface area contributed by atoms with Crippen molar-refractivity contribution >= 4 is 17.5 Å². The maximum atomic E-state index is 12.0. The number of imidazole rings is 1. The van der Waals surface area contributed by atoms with Crippen LogP contribution in [0.25, 0.3) is 5.65 Å². The van der Waals surface area contributed by atoms with Crippen LogP contribution in [0.15, 0.2) is 30.6 Å². The van der Waals surface area contributed by atoms with Gasteiger partial charge in [0.1, 0.15) is 5.65 Å². The maximum Gasteiger partial charge on any atom is 0.305 e. The van der Waals surface area contributed by atoms with Crippen molar-refractivity contribution in [2.45, 2.75) is 19.4 Å². The summed E-state index contributed by atoms with van der Waals surface area (Å²) in [5.41, 5.74) is 2.04. The Morgan fingerprint density at radius 1 is 1.19 bits per heavy atom. The van der Waals surface area contributed by atoms with Gasteiger partial charge in [-0.2, -0.15) is 0 Å². The molecule has 0 aromatic carbocycles. The van der Waals surface area contributed by atoms with Gasteiger partial charge in [0.25, 0.3) is 0 Å². The lowest BCUT2D eigenvalue weighted by atomic mass is 10.3. The number of carbonyl (C=O) groups is 2. The van der Waals surface area contributed by atoms with Crippen molar-refractivity contribution in [1.29, 1.82) is 0 Å². The number of ether oxygens (including phenoxy) is 1. The van der Waals surface area contributed by atoms with E-state index in [1.54, 1.807) is 0 Å². The number of fused-ring (bicyclic) bond motifs is 1. The fourth-order valence-corrected chi connectivity index (χ4v) is 3.22. The third kappa shape index (κ3) is 5.77. The summed E-state index contributed by atoms with van der Waals surface area (Å²) in [5, 5.41) is 2.86. The molecule has 27 heavy (non-hydrogen) atoms. The van der Waals surface area contributed by atoms with E-state index >= 15 is 0 Å². The summed E-state index contributed by atoms with van der Waals surface area (Å²) in [5.74, 6) is -0.236. The first kappa shape index (κ1) is 19.3. The van der Waals surface area contributed by atoms with Crippen LogP contribution in [0.3, 0.4) is 0 Å². The van der Waals surface area contributed by atoms with E-state index in [1.165, 1.54) is 7.11 Å². The zero-order valence-corrected chi connectivity index (χ0v) is 15.8. The van der Waals surface area contributed by atoms with Crippen LogP contribution in [0.1, 0.15) is 18.5 Å². The van der Waals surface area contributed by atoms with Crippen molar-refractivity contribution < 1.29 is 14.3 Å². The Balaban J connectivity index is 1.35. The summed E-state index contributed by atoms with van der Waals surface area (Å²) in [7, 11) is 1.37. The molecule has 0 radical (unpaired) electrons. The van der Waals surface area contributed by atoms with Crippen LogP contribution in [0.2, 0.25) is 0 Å². The minimum absolute atomic E-state index is 0.00802. The number of rotatable bonds is 8. The molecule has 3 rings (SSSR count). The molecule has 0 unspecified atom stereocenters. The molecule has 1 aliphatic rings. The van der Waals surface area contributed by atoms with E-state index in [0.29, 0.717) is 25.9 Å². The third-order valence-corrected chi connectivity index (χ3v) is 4.74. The second kappa shape index (κ2) is 9.48. The van der Waals surface area contributed by atoms with Gasteiger partial charge in [-0.15, -0.1) is 0 Å². The number of aromatic nitrogens is 2. The molecule has 2 aromatic heterocycles. The lowest BCUT2D eigenvalue weighted by molar-refractivity contribution is -0.140. The lowest BCUT2D eigenvalue weighted by Gasteiger charge is -2.33. The molecule has 1 saturated heterocycles. The number of amides is 1. The van der Waals surface area contributed by atoms with Crippen molar-refractivity contribution in [2.75, 3.05) is 46.4 Å². The van der Waals surface area contributed by atoms with Gasteiger partial charge in [-0.1, -0.05) is 6.07 Å². The quantitative estimate of drug-likeness (QED) is 0.537. The van der Waals surface area contributed by atoms with Crippen LogP contribution in [0, 0.1) is 0 Å². The number of hydrogen-bond acceptors (Lipinski definition) is 6. The molecule has 146 valence electrons. The number of esters is 1. The highest BCUT2D eigenvalue weighted by atomic mass is 16.5. The first-order valence-corrected chi connectivity index (χ1v) is 9.35. The summed E-state index contributed by atoms with van der Waals surface area (Å²) in [6, 6.07) is 5.99. The van der Waals surface area contributed by atoms with Gasteiger partial charge in [-0.3, -0.25) is 19.4 Å². The Morgan fingerprint density at radius 3 is 2.70 bits per heavy atom. The summed E-state index contributed by atoms with van der Waals surface area (Å²) in [4.78, 5) is 32.2. The van der Waals surface area contributed by atoms with E-state index in [-0.39, 0.29) is 11.9 Å². The van der Waals surface area contributed by atoms with Gasteiger partial charge in [-0.05, 0) is 18.6 Å². The van der Waals surface area contributed by atoms with Gasteiger partial charge >= 0.3 is 5.97 Å². The molecule has 0 saturated carbocycles. The zero-order chi connectivity index (χ0) is 19.1. The highest BCUT2D eigenvalue weighted by Crippen LogP contribution is 2.10. The molecule has 1 fully saturated rings. The standard InChI is InChI=1S/C19H27N5O3/c1-27-19(26)6-4-7-20-18(25)15-23-11-9-22(10-12-23)13-16-14-24-8-3-2-5-17(24)21-16/h2-3,5,8,14H,4,6-7,9-13,15H2,1H3,(H,20,25). The average Bonchev–Trinajstić information content (AvgIpc) is 3.09. The van der Waals surface area contributed by atoms with Crippen LogP contribution in [0.5, 0.6) is 0 Å². The summed E-state index contributed by atoms with van der Waals surface area (Å²) in [6.45, 7) is 5.30. The third-order valence-electron chi connectivity index (χ3n) is 4.74. The Bertz CT molecular complexity index is 735. The van der Waals surface area contributed by atoms with Crippen molar-refractivity contribution in [3.05, 3.63) is 36.3 Å². The van der Waals surface area contributed by atoms with Gasteiger partial charge in [0.15, 0.2) is 0 Å². The SMILES string of the molecule is COC(=O)CCCNC(=O)CN1CCN(Cc2cn3ccccc3n2)CC1. The number of piperazine rings is 1. The van der Waals surface area contributed by atoms with E-state index in [0.717, 1.165) is 44.1 Å². The smallest absolute Gasteiger partial charge is 0.305 e. The number of nitrogens with zero attached hydrogens (tertiary/aromatic N) is 4. The van der Waals surface area contributed by atoms with Crippen LogP contribution >= 0.6 is 0 Å². The fraction of sp³-hybridized carbons (Fsp3) is 0.526. The van der Waals surface area contributed by atoms with Crippen molar-refractivity contribution in [3.8, 4) is 0 Å². The molecule has 2 aromatic rings. The summed E-state index contributed by atoms with van der Waals surface area (Å²) in [6.07, 6.45) is 5.01. The van der Waals surface area contributed by atoms with Crippen molar-refractivity contribution in [3.63, 3.8) is 0 Å². The average molecular weight is 373 g/mol. The largest absolute Gasteiger partial charge is 0.469 e. The molecule has 1 N–H and O–H groups in total. The van der Waals surface area contributed by atoms with Gasteiger partial charge in [-0.25, -0.2) is 4.98 Å². The van der Waals surface area contributed by atoms with Crippen molar-refractivity contribution in [2.24, 2.45) is 0 Å². The topological polar surface area (TPSA) is 79.2 Å². The molecule has 8 heteroatoms. The Kier molecular flexibility index (Phi) is 6.78. The molecule has 0 spiro atoms. The second-order valence-electron chi connectivity index (χ2n) is 6.78. The molecule has 0 aliphatic carbocycles. The van der Waals surface area contributed by atoms with E-state index in [2.05, 4.69) is 31.0 Å². The second-order valence-corrected chi connectivity index (χ2v) is 6.78. The van der Waals surface area contributed by atoms with E-state index in [1.807, 2.05) is 28.8 Å². The Morgan fingerprint density at radius 2 is 1.96 bits per heavy atom. The number of hydrogen-bond donors (Lipinski definition) is 1. The van der Waals surface area contributed by atoms with Crippen LogP contribution in [-0.4, -0.2) is 77.4 Å². The molecule has 0 bridgehead atoms. The Labute approximate surface area is 159 Å². The minimum atomic E-state index is -0.244. The fourth-order valence-electron chi connectivity index (χ4n) is 3.22. The lowest BCUT2D eigenvalue weighted by Crippen LogP contribution is -2.49. The highest BCUT2D eigenvalue weighted by molar-refractivity contribution is 5.78. The molecule has 1 aliphatic heterocycles. The van der Waals surface area contributed by atoms with E-state index < -0.39 is 0 Å². The predicted octanol–water partition coefficient (Wildman–Crippen LogP) is 0.521. The number of pyridine rings is 1. The number of carbonyl (C=O) groups excluding carboxylic acids is 2. The number of nitrogens with one attached hydrogen (secondary N) is 1. The molecular weight excluding hydrogens is 346 g/mol. The first-order valence-electron chi connectivity index (χ1n) is 9.35. The van der Waals surface area contributed by atoms with Gasteiger partial charge in [0.2, 0.25) is 5.91 Å². The highest BCUT2D eigenvalue weighted by Gasteiger charge is 2.19. The maximum absolute atomic E-state index is 12.0. The monoisotopic (exact) mass is 373 g/mol. The molecule has 1 amide bonds. The molecular formula is C19H27N5O3. The van der Waals surface area contributed by atoms with Gasteiger partial charge in [0.05, 0.1) is 19.3 Å². The molecule has 3 heterocycles. The Hall–Kier alpha value is -2.45. The van der Waals surface area contributed by atoms with Gasteiger partial charge < -0.3 is 14.5 Å². The first-order chi connectivity index (χ1) is 13.1. The summed E-state index contributed by atoms with van der Waals surface area (Å²) < 4.78 is 6.62. The normalized spacial score (nSPS) is 15.7. The van der Waals surface area contributed by atoms with Crippen LogP contribution in [-0.2, 0) is 20.9 Å². The summed E-state index contributed by atoms with van der Waals surface area (Å²) >= 11 is 0. The predicted molar refractivity (Wildman–Crippen MR) is 101 cm³/mol. The van der Waals surface area contributed by atoms with Gasteiger partial charge in [0, 0.05) is 58.1 Å². The minimum Gasteiger partial charge on any atom is -0.469 e. The molecule has 0 atom stereocenters. The number of methoxy groups -OCH3 is 1. The molecule has 8 nitrogen and oxygen atoms in total. The van der Waals surface area contributed by atoms with Crippen LogP contribution in [0.4, 0.5) is 0 Å². The van der Waals surface area contributed by atoms with E-state index in [4.69, 9.17) is 0 Å².